The van der Waals surface area contributed by atoms with Crippen LogP contribution in [0.2, 0.25) is 0 Å². The maximum atomic E-state index is 11.6. The van der Waals surface area contributed by atoms with Gasteiger partial charge in [0.1, 0.15) is 0 Å². The van der Waals surface area contributed by atoms with E-state index in [9.17, 15) is 9.59 Å². The Morgan fingerprint density at radius 3 is 2.47 bits per heavy atom. The zero-order chi connectivity index (χ0) is 14.1. The number of urea groups is 1. The van der Waals surface area contributed by atoms with Crippen LogP contribution >= 0.6 is 11.3 Å². The van der Waals surface area contributed by atoms with Crippen LogP contribution in [-0.4, -0.2) is 31.6 Å². The minimum absolute atomic E-state index is 0.1000. The summed E-state index contributed by atoms with van der Waals surface area (Å²) < 4.78 is 0. The highest BCUT2D eigenvalue weighted by Gasteiger charge is 2.05. The van der Waals surface area contributed by atoms with E-state index in [1.54, 1.807) is 6.07 Å². The van der Waals surface area contributed by atoms with Crippen LogP contribution in [0.3, 0.4) is 0 Å². The highest BCUT2D eigenvalue weighted by atomic mass is 32.1. The summed E-state index contributed by atoms with van der Waals surface area (Å²) in [6.07, 6.45) is 0.961. The Morgan fingerprint density at radius 2 is 1.84 bits per heavy atom. The van der Waals surface area contributed by atoms with E-state index in [1.807, 2.05) is 11.4 Å². The lowest BCUT2D eigenvalue weighted by molar-refractivity contribution is 0.0958. The fourth-order valence-corrected chi connectivity index (χ4v) is 2.02. The molecule has 6 heteroatoms. The van der Waals surface area contributed by atoms with E-state index in [1.165, 1.54) is 11.3 Å². The van der Waals surface area contributed by atoms with Gasteiger partial charge in [0, 0.05) is 19.6 Å². The third-order valence-electron chi connectivity index (χ3n) is 2.45. The molecule has 0 aliphatic heterocycles. The minimum Gasteiger partial charge on any atom is -0.350 e. The van der Waals surface area contributed by atoms with Crippen LogP contribution in [-0.2, 0) is 0 Å². The number of amides is 3. The number of thiophene rings is 1. The molecule has 0 spiro atoms. The molecule has 0 aromatic carbocycles. The molecule has 3 N–H and O–H groups in total. The van der Waals surface area contributed by atoms with Gasteiger partial charge in [0.2, 0.25) is 0 Å². The summed E-state index contributed by atoms with van der Waals surface area (Å²) in [6, 6.07) is 3.41. The summed E-state index contributed by atoms with van der Waals surface area (Å²) in [5.74, 6) is 0.474. The molecule has 0 aliphatic rings. The molecule has 1 aromatic rings. The smallest absolute Gasteiger partial charge is 0.314 e. The van der Waals surface area contributed by atoms with Crippen molar-refractivity contribution in [3.8, 4) is 0 Å². The van der Waals surface area contributed by atoms with E-state index in [2.05, 4.69) is 29.8 Å². The molecule has 19 heavy (non-hydrogen) atoms. The average Bonchev–Trinajstić information content (AvgIpc) is 2.87. The first kappa shape index (κ1) is 15.5. The number of carbonyl (C=O) groups is 2. The van der Waals surface area contributed by atoms with Crippen LogP contribution in [0.25, 0.3) is 0 Å². The normalized spacial score (nSPS) is 10.3. The van der Waals surface area contributed by atoms with E-state index in [0.717, 1.165) is 6.42 Å². The van der Waals surface area contributed by atoms with Gasteiger partial charge in [-0.05, 0) is 23.8 Å². The Morgan fingerprint density at radius 1 is 1.16 bits per heavy atom. The van der Waals surface area contributed by atoms with Gasteiger partial charge < -0.3 is 16.0 Å². The van der Waals surface area contributed by atoms with Gasteiger partial charge in [-0.2, -0.15) is 0 Å². The quantitative estimate of drug-likeness (QED) is 0.668. The van der Waals surface area contributed by atoms with E-state index < -0.39 is 0 Å². The van der Waals surface area contributed by atoms with Gasteiger partial charge in [0.15, 0.2) is 0 Å². The molecule has 0 saturated carbocycles. The number of carbonyl (C=O) groups excluding carboxylic acids is 2. The van der Waals surface area contributed by atoms with E-state index >= 15 is 0 Å². The zero-order valence-corrected chi connectivity index (χ0v) is 12.2. The van der Waals surface area contributed by atoms with Gasteiger partial charge in [-0.1, -0.05) is 19.9 Å². The first-order valence-corrected chi connectivity index (χ1v) is 7.31. The van der Waals surface area contributed by atoms with Gasteiger partial charge in [0.05, 0.1) is 4.88 Å². The van der Waals surface area contributed by atoms with Crippen molar-refractivity contribution in [1.82, 2.24) is 16.0 Å². The van der Waals surface area contributed by atoms with E-state index in [4.69, 9.17) is 0 Å². The van der Waals surface area contributed by atoms with Crippen LogP contribution in [0.5, 0.6) is 0 Å². The van der Waals surface area contributed by atoms with Crippen LogP contribution in [0, 0.1) is 5.92 Å². The molecular weight excluding hydrogens is 262 g/mol. The molecular formula is C13H21N3O2S. The second-order valence-electron chi connectivity index (χ2n) is 4.60. The van der Waals surface area contributed by atoms with Gasteiger partial charge in [-0.15, -0.1) is 11.3 Å². The summed E-state index contributed by atoms with van der Waals surface area (Å²) >= 11 is 1.40. The summed E-state index contributed by atoms with van der Waals surface area (Å²) in [5.41, 5.74) is 0. The highest BCUT2D eigenvalue weighted by Crippen LogP contribution is 2.07. The van der Waals surface area contributed by atoms with Crippen molar-refractivity contribution in [1.29, 1.82) is 0 Å². The summed E-state index contributed by atoms with van der Waals surface area (Å²) in [5, 5.41) is 10.1. The van der Waals surface area contributed by atoms with E-state index in [0.29, 0.717) is 30.4 Å². The lowest BCUT2D eigenvalue weighted by atomic mass is 10.1. The summed E-state index contributed by atoms with van der Waals surface area (Å²) in [6.45, 7) is 5.74. The third-order valence-corrected chi connectivity index (χ3v) is 3.32. The molecule has 0 fully saturated rings. The predicted octanol–water partition coefficient (Wildman–Crippen LogP) is 1.82. The molecule has 0 radical (unpaired) electrons. The second kappa shape index (κ2) is 8.53. The fraction of sp³-hybridized carbons (Fsp3) is 0.538. The van der Waals surface area contributed by atoms with Gasteiger partial charge in [0.25, 0.3) is 5.91 Å². The molecule has 0 saturated heterocycles. The second-order valence-corrected chi connectivity index (χ2v) is 5.55. The Balaban J connectivity index is 2.04. The molecule has 1 heterocycles. The minimum atomic E-state index is -0.189. The van der Waals surface area contributed by atoms with Crippen LogP contribution in [0.15, 0.2) is 17.5 Å². The SMILES string of the molecule is CC(C)CCNC(=O)NCCNC(=O)c1cccs1. The molecule has 0 aliphatic carbocycles. The lowest BCUT2D eigenvalue weighted by Gasteiger charge is -2.09. The molecule has 0 bridgehead atoms. The molecule has 3 amide bonds. The Kier molecular flexibility index (Phi) is 6.95. The van der Waals surface area contributed by atoms with E-state index in [-0.39, 0.29) is 11.9 Å². The number of rotatable bonds is 7. The van der Waals surface area contributed by atoms with Crippen LogP contribution < -0.4 is 16.0 Å². The first-order valence-electron chi connectivity index (χ1n) is 6.43. The number of nitrogens with one attached hydrogen (secondary N) is 3. The van der Waals surface area contributed by atoms with Crippen molar-refractivity contribution >= 4 is 23.3 Å². The number of hydrogen-bond acceptors (Lipinski definition) is 3. The van der Waals surface area contributed by atoms with Crippen LogP contribution in [0.1, 0.15) is 29.9 Å². The standard InChI is InChI=1S/C13H21N3O2S/c1-10(2)5-6-15-13(18)16-8-7-14-12(17)11-4-3-9-19-11/h3-4,9-10H,5-8H2,1-2H3,(H,14,17)(H2,15,16,18). The van der Waals surface area contributed by atoms with Gasteiger partial charge >= 0.3 is 6.03 Å². The van der Waals surface area contributed by atoms with Gasteiger partial charge in [-0.25, -0.2) is 4.79 Å². The van der Waals surface area contributed by atoms with Gasteiger partial charge in [-0.3, -0.25) is 4.79 Å². The summed E-state index contributed by atoms with van der Waals surface area (Å²) in [4.78, 5) is 23.6. The Bertz CT molecular complexity index is 391. The number of hydrogen-bond donors (Lipinski definition) is 3. The van der Waals surface area contributed by atoms with Crippen molar-refractivity contribution in [2.75, 3.05) is 19.6 Å². The molecule has 1 aromatic heterocycles. The van der Waals surface area contributed by atoms with Crippen molar-refractivity contribution in [2.45, 2.75) is 20.3 Å². The largest absolute Gasteiger partial charge is 0.350 e. The first-order chi connectivity index (χ1) is 9.09. The maximum Gasteiger partial charge on any atom is 0.314 e. The fourth-order valence-electron chi connectivity index (χ4n) is 1.38. The summed E-state index contributed by atoms with van der Waals surface area (Å²) in [7, 11) is 0. The lowest BCUT2D eigenvalue weighted by Crippen LogP contribution is -2.40. The maximum absolute atomic E-state index is 11.6. The molecule has 5 nitrogen and oxygen atoms in total. The van der Waals surface area contributed by atoms with Crippen molar-refractivity contribution in [3.05, 3.63) is 22.4 Å². The monoisotopic (exact) mass is 283 g/mol. The molecule has 1 rings (SSSR count). The van der Waals surface area contributed by atoms with Crippen molar-refractivity contribution in [3.63, 3.8) is 0 Å². The molecule has 0 atom stereocenters. The highest BCUT2D eigenvalue weighted by molar-refractivity contribution is 7.12. The predicted molar refractivity (Wildman–Crippen MR) is 77.5 cm³/mol. The van der Waals surface area contributed by atoms with Crippen LogP contribution in [0.4, 0.5) is 4.79 Å². The third kappa shape index (κ3) is 6.81. The Labute approximate surface area is 117 Å². The van der Waals surface area contributed by atoms with Crippen molar-refractivity contribution < 1.29 is 9.59 Å². The average molecular weight is 283 g/mol. The molecule has 0 unspecified atom stereocenters. The zero-order valence-electron chi connectivity index (χ0n) is 11.4. The Hall–Kier alpha value is -1.56. The van der Waals surface area contributed by atoms with Crippen molar-refractivity contribution in [2.24, 2.45) is 5.92 Å². The molecule has 106 valence electrons. The topological polar surface area (TPSA) is 70.2 Å².